The molecule has 2 rings (SSSR count). The maximum absolute atomic E-state index is 12.0. The van der Waals surface area contributed by atoms with Crippen LogP contribution >= 0.6 is 0 Å². The van der Waals surface area contributed by atoms with Gasteiger partial charge < -0.3 is 5.11 Å². The third-order valence-corrected chi connectivity index (χ3v) is 6.36. The van der Waals surface area contributed by atoms with Crippen molar-refractivity contribution < 1.29 is 26.7 Å². The van der Waals surface area contributed by atoms with Gasteiger partial charge in [0.1, 0.15) is 0 Å². The average Bonchev–Trinajstić information content (AvgIpc) is 2.95. The minimum Gasteiger partial charge on any atom is -0.478 e. The Hall–Kier alpha value is -1.75. The SMILES string of the molecule is O=C(O)C1=CCC(NS(=O)(=O)CCNS(=O)(=O)c2ccccc2)C1. The van der Waals surface area contributed by atoms with Crippen molar-refractivity contribution in [2.24, 2.45) is 0 Å². The number of rotatable bonds is 8. The minimum absolute atomic E-state index is 0.0569. The van der Waals surface area contributed by atoms with Gasteiger partial charge in [0.2, 0.25) is 20.0 Å². The van der Waals surface area contributed by atoms with Crippen LogP contribution in [0.5, 0.6) is 0 Å². The number of aliphatic carboxylic acids is 1. The summed E-state index contributed by atoms with van der Waals surface area (Å²) in [5.74, 6) is -1.50. The van der Waals surface area contributed by atoms with Crippen LogP contribution in [-0.2, 0) is 24.8 Å². The van der Waals surface area contributed by atoms with Crippen molar-refractivity contribution in [3.8, 4) is 0 Å². The van der Waals surface area contributed by atoms with E-state index in [1.165, 1.54) is 18.2 Å². The van der Waals surface area contributed by atoms with Gasteiger partial charge >= 0.3 is 5.97 Å². The zero-order valence-corrected chi connectivity index (χ0v) is 14.3. The number of sulfonamides is 2. The van der Waals surface area contributed by atoms with Crippen LogP contribution in [0.25, 0.3) is 0 Å². The highest BCUT2D eigenvalue weighted by atomic mass is 32.2. The predicted molar refractivity (Wildman–Crippen MR) is 87.3 cm³/mol. The van der Waals surface area contributed by atoms with E-state index in [0.29, 0.717) is 6.42 Å². The second-order valence-electron chi connectivity index (χ2n) is 5.32. The minimum atomic E-state index is -3.76. The first-order valence-electron chi connectivity index (χ1n) is 7.17. The molecule has 0 fully saturated rings. The molecule has 1 aromatic carbocycles. The molecule has 0 amide bonds. The maximum Gasteiger partial charge on any atom is 0.331 e. The Morgan fingerprint density at radius 3 is 2.42 bits per heavy atom. The van der Waals surface area contributed by atoms with E-state index < -0.39 is 37.8 Å². The number of benzene rings is 1. The summed E-state index contributed by atoms with van der Waals surface area (Å²) < 4.78 is 52.5. The predicted octanol–water partition coefficient (Wildman–Crippen LogP) is 0.0577. The van der Waals surface area contributed by atoms with Crippen molar-refractivity contribution in [3.63, 3.8) is 0 Å². The number of hydrogen-bond donors (Lipinski definition) is 3. The lowest BCUT2D eigenvalue weighted by molar-refractivity contribution is -0.132. The van der Waals surface area contributed by atoms with Crippen LogP contribution in [0, 0.1) is 0 Å². The number of hydrogen-bond acceptors (Lipinski definition) is 5. The van der Waals surface area contributed by atoms with E-state index >= 15 is 0 Å². The molecule has 0 aliphatic heterocycles. The van der Waals surface area contributed by atoms with Crippen LogP contribution in [0.1, 0.15) is 12.8 Å². The van der Waals surface area contributed by atoms with Crippen LogP contribution < -0.4 is 9.44 Å². The maximum atomic E-state index is 12.0. The van der Waals surface area contributed by atoms with Gasteiger partial charge in [-0.2, -0.15) is 0 Å². The van der Waals surface area contributed by atoms with Crippen LogP contribution in [0.4, 0.5) is 0 Å². The van der Waals surface area contributed by atoms with Gasteiger partial charge in [-0.3, -0.25) is 0 Å². The Morgan fingerprint density at radius 1 is 1.17 bits per heavy atom. The molecule has 0 saturated carbocycles. The molecule has 0 aromatic heterocycles. The molecular formula is C14H18N2O6S2. The summed E-state index contributed by atoms with van der Waals surface area (Å²) >= 11 is 0. The third-order valence-electron chi connectivity index (χ3n) is 3.45. The summed E-state index contributed by atoms with van der Waals surface area (Å²) in [5.41, 5.74) is 0.174. The first-order valence-corrected chi connectivity index (χ1v) is 10.3. The Morgan fingerprint density at radius 2 is 1.83 bits per heavy atom. The van der Waals surface area contributed by atoms with E-state index in [-0.39, 0.29) is 23.4 Å². The first kappa shape index (κ1) is 18.6. The summed E-state index contributed by atoms with van der Waals surface area (Å²) in [7, 11) is -7.48. The van der Waals surface area contributed by atoms with Gasteiger partial charge in [0.15, 0.2) is 0 Å². The zero-order valence-electron chi connectivity index (χ0n) is 12.7. The third kappa shape index (κ3) is 5.13. The quantitative estimate of drug-likeness (QED) is 0.590. The molecule has 0 heterocycles. The lowest BCUT2D eigenvalue weighted by Gasteiger charge is -2.13. The topological polar surface area (TPSA) is 130 Å². The molecule has 24 heavy (non-hydrogen) atoms. The largest absolute Gasteiger partial charge is 0.478 e. The summed E-state index contributed by atoms with van der Waals surface area (Å²) in [5, 5.41) is 8.85. The van der Waals surface area contributed by atoms with E-state index in [1.807, 2.05) is 0 Å². The fraction of sp³-hybridized carbons (Fsp3) is 0.357. The Bertz CT molecular complexity index is 831. The Labute approximate surface area is 140 Å². The molecular weight excluding hydrogens is 356 g/mol. The van der Waals surface area contributed by atoms with Gasteiger partial charge in [-0.15, -0.1) is 0 Å². The molecule has 0 saturated heterocycles. The van der Waals surface area contributed by atoms with Gasteiger partial charge in [0.25, 0.3) is 0 Å². The van der Waals surface area contributed by atoms with Crippen molar-refractivity contribution >= 4 is 26.0 Å². The highest BCUT2D eigenvalue weighted by molar-refractivity contribution is 7.90. The first-order chi connectivity index (χ1) is 11.2. The number of nitrogens with one attached hydrogen (secondary N) is 2. The van der Waals surface area contributed by atoms with E-state index in [4.69, 9.17) is 5.11 Å². The molecule has 0 spiro atoms. The van der Waals surface area contributed by atoms with Crippen LogP contribution in [0.3, 0.4) is 0 Å². The summed E-state index contributed by atoms with van der Waals surface area (Å²) in [6, 6.07) is 7.13. The fourth-order valence-corrected chi connectivity index (χ4v) is 4.65. The lowest BCUT2D eigenvalue weighted by atomic mass is 10.2. The fourth-order valence-electron chi connectivity index (χ4n) is 2.29. The van der Waals surface area contributed by atoms with Gasteiger partial charge in [-0.25, -0.2) is 31.1 Å². The molecule has 1 atom stereocenters. The normalized spacial score (nSPS) is 18.3. The van der Waals surface area contributed by atoms with Crippen molar-refractivity contribution in [1.29, 1.82) is 0 Å². The van der Waals surface area contributed by atoms with Gasteiger partial charge in [-0.1, -0.05) is 24.3 Å². The Balaban J connectivity index is 1.85. The summed E-state index contributed by atoms with van der Waals surface area (Å²) in [6.45, 7) is -0.279. The van der Waals surface area contributed by atoms with Crippen LogP contribution in [-0.4, -0.2) is 46.3 Å². The Kier molecular flexibility index (Phi) is 5.75. The molecule has 3 N–H and O–H groups in total. The number of carboxylic acids is 1. The lowest BCUT2D eigenvalue weighted by Crippen LogP contribution is -2.39. The average molecular weight is 374 g/mol. The van der Waals surface area contributed by atoms with E-state index in [1.54, 1.807) is 18.2 Å². The highest BCUT2D eigenvalue weighted by Crippen LogP contribution is 2.19. The molecule has 1 unspecified atom stereocenters. The monoisotopic (exact) mass is 374 g/mol. The van der Waals surface area contributed by atoms with Crippen molar-refractivity contribution in [1.82, 2.24) is 9.44 Å². The van der Waals surface area contributed by atoms with Gasteiger partial charge in [-0.05, 0) is 25.0 Å². The smallest absolute Gasteiger partial charge is 0.331 e. The molecule has 1 aliphatic carbocycles. The van der Waals surface area contributed by atoms with Gasteiger partial charge in [0.05, 0.1) is 10.6 Å². The van der Waals surface area contributed by atoms with E-state index in [2.05, 4.69) is 9.44 Å². The molecule has 8 nitrogen and oxygen atoms in total. The summed E-state index contributed by atoms with van der Waals surface area (Å²) in [4.78, 5) is 10.9. The molecule has 1 aliphatic rings. The molecule has 10 heteroatoms. The number of carbonyl (C=O) groups is 1. The van der Waals surface area contributed by atoms with E-state index in [0.717, 1.165) is 0 Å². The molecule has 0 bridgehead atoms. The van der Waals surface area contributed by atoms with E-state index in [9.17, 15) is 21.6 Å². The second kappa shape index (κ2) is 7.43. The molecule has 1 aromatic rings. The van der Waals surface area contributed by atoms with Crippen LogP contribution in [0.15, 0.2) is 46.9 Å². The zero-order chi connectivity index (χ0) is 17.8. The van der Waals surface area contributed by atoms with Crippen molar-refractivity contribution in [3.05, 3.63) is 42.0 Å². The molecule has 132 valence electrons. The van der Waals surface area contributed by atoms with Gasteiger partial charge in [0, 0.05) is 18.2 Å². The van der Waals surface area contributed by atoms with Crippen molar-refractivity contribution in [2.45, 2.75) is 23.8 Å². The van der Waals surface area contributed by atoms with Crippen molar-refractivity contribution in [2.75, 3.05) is 12.3 Å². The standard InChI is InChI=1S/C14H18N2O6S2/c17-14(18)11-6-7-12(10-11)16-23(19,20)9-8-15-24(21,22)13-4-2-1-3-5-13/h1-6,12,15-16H,7-10H2,(H,17,18). The number of carboxylic acid groups (broad SMARTS) is 1. The summed E-state index contributed by atoms with van der Waals surface area (Å²) in [6.07, 6.45) is 1.90. The highest BCUT2D eigenvalue weighted by Gasteiger charge is 2.25. The van der Waals surface area contributed by atoms with Crippen LogP contribution in [0.2, 0.25) is 0 Å². The molecule has 0 radical (unpaired) electrons. The second-order valence-corrected chi connectivity index (χ2v) is 8.96.